The molecule has 1 aromatic heterocycles. The summed E-state index contributed by atoms with van der Waals surface area (Å²) in [5.74, 6) is -1.49. The average Bonchev–Trinajstić information content (AvgIpc) is 3.52. The minimum Gasteiger partial charge on any atom is -0.426 e. The van der Waals surface area contributed by atoms with E-state index in [-0.39, 0.29) is 37.3 Å². The number of benzene rings is 2. The van der Waals surface area contributed by atoms with Gasteiger partial charge in [-0.15, -0.1) is 0 Å². The molecule has 11 heteroatoms. The lowest BCUT2D eigenvalue weighted by molar-refractivity contribution is -0.144. The van der Waals surface area contributed by atoms with E-state index >= 15 is 0 Å². The molecule has 206 valence electrons. The maximum atomic E-state index is 13.5. The Bertz CT molecular complexity index is 1340. The van der Waals surface area contributed by atoms with Crippen LogP contribution in [0.4, 0.5) is 0 Å². The van der Waals surface area contributed by atoms with Gasteiger partial charge in [0.25, 0.3) is 11.8 Å². The highest BCUT2D eigenvalue weighted by molar-refractivity contribution is 6.43. The summed E-state index contributed by atoms with van der Waals surface area (Å²) < 4.78 is 1.87. The van der Waals surface area contributed by atoms with Gasteiger partial charge in [-0.05, 0) is 43.9 Å². The zero-order valence-electron chi connectivity index (χ0n) is 22.8. The van der Waals surface area contributed by atoms with Gasteiger partial charge in [0.05, 0.1) is 35.5 Å². The number of hydrogen-bond donors (Lipinski definition) is 4. The standard InChI is InChI=1S/C28H36BN5O5/c1-18(2)13-25(29(37)38)32-27(36)28(14-20-9-6-5-7-10-20)15-21(33-39-28)16-30-26(35)22-11-8-12-24-23(22)17-31-34(24)19(3)4/h5-12,17-19,25,37-38H,13-16H2,1-4H3,(H,30,35)(H,32,36)/t25-,28?/m0/s1. The molecule has 2 aromatic carbocycles. The number of carbonyl (C=O) groups is 2. The highest BCUT2D eigenvalue weighted by Gasteiger charge is 2.48. The minimum absolute atomic E-state index is 0.0927. The maximum Gasteiger partial charge on any atom is 0.475 e. The van der Waals surface area contributed by atoms with Gasteiger partial charge in [-0.1, -0.05) is 55.4 Å². The van der Waals surface area contributed by atoms with Crippen LogP contribution in [0.2, 0.25) is 0 Å². The van der Waals surface area contributed by atoms with E-state index in [1.807, 2.05) is 74.8 Å². The molecule has 1 aliphatic heterocycles. The Morgan fingerprint density at radius 3 is 2.51 bits per heavy atom. The second-order valence-corrected chi connectivity index (χ2v) is 10.8. The summed E-state index contributed by atoms with van der Waals surface area (Å²) >= 11 is 0. The fraction of sp³-hybridized carbons (Fsp3) is 0.429. The monoisotopic (exact) mass is 533 g/mol. The molecule has 1 aliphatic rings. The highest BCUT2D eigenvalue weighted by Crippen LogP contribution is 2.30. The Balaban J connectivity index is 1.49. The minimum atomic E-state index is -1.71. The molecule has 3 aromatic rings. The Hall–Kier alpha value is -3.70. The second kappa shape index (κ2) is 12.0. The summed E-state index contributed by atoms with van der Waals surface area (Å²) in [5.41, 5.74) is 1.36. The van der Waals surface area contributed by atoms with E-state index in [0.717, 1.165) is 16.5 Å². The van der Waals surface area contributed by atoms with E-state index in [4.69, 9.17) is 4.84 Å². The van der Waals surface area contributed by atoms with Crippen molar-refractivity contribution in [3.8, 4) is 0 Å². The van der Waals surface area contributed by atoms with Crippen molar-refractivity contribution in [2.75, 3.05) is 6.54 Å². The van der Waals surface area contributed by atoms with E-state index < -0.39 is 24.6 Å². The van der Waals surface area contributed by atoms with Gasteiger partial charge in [0, 0.05) is 24.3 Å². The quantitative estimate of drug-likeness (QED) is 0.280. The van der Waals surface area contributed by atoms with Crippen LogP contribution in [0.25, 0.3) is 10.9 Å². The summed E-state index contributed by atoms with van der Waals surface area (Å²) in [6.07, 6.45) is 2.44. The van der Waals surface area contributed by atoms with E-state index in [0.29, 0.717) is 17.7 Å². The number of nitrogens with zero attached hydrogens (tertiary/aromatic N) is 3. The Kier molecular flexibility index (Phi) is 8.71. The van der Waals surface area contributed by atoms with Crippen molar-refractivity contribution in [2.45, 2.75) is 64.5 Å². The summed E-state index contributed by atoms with van der Waals surface area (Å²) in [6.45, 7) is 8.02. The van der Waals surface area contributed by atoms with Gasteiger partial charge in [0.1, 0.15) is 0 Å². The van der Waals surface area contributed by atoms with Crippen molar-refractivity contribution in [1.82, 2.24) is 20.4 Å². The molecule has 2 heterocycles. The first kappa shape index (κ1) is 28.3. The molecule has 4 N–H and O–H groups in total. The third-order valence-corrected chi connectivity index (χ3v) is 6.82. The van der Waals surface area contributed by atoms with Crippen LogP contribution in [-0.2, 0) is 16.1 Å². The summed E-state index contributed by atoms with van der Waals surface area (Å²) in [4.78, 5) is 32.5. The lowest BCUT2D eigenvalue weighted by Gasteiger charge is -2.29. The number of oxime groups is 1. The predicted molar refractivity (Wildman–Crippen MR) is 150 cm³/mol. The molecule has 2 atom stereocenters. The van der Waals surface area contributed by atoms with Crippen molar-refractivity contribution in [3.63, 3.8) is 0 Å². The first-order valence-electron chi connectivity index (χ1n) is 13.3. The SMILES string of the molecule is CC(C)C[C@H](NC(=O)C1(Cc2ccccc2)CC(CNC(=O)c2cccc3c2cnn3C(C)C)=NO1)B(O)O. The van der Waals surface area contributed by atoms with Crippen molar-refractivity contribution in [3.05, 3.63) is 65.9 Å². The lowest BCUT2D eigenvalue weighted by Crippen LogP contribution is -2.56. The molecular formula is C28H36BN5O5. The molecule has 0 saturated heterocycles. The van der Waals surface area contributed by atoms with Gasteiger partial charge in [-0.25, -0.2) is 0 Å². The first-order valence-corrected chi connectivity index (χ1v) is 13.3. The molecule has 4 rings (SSSR count). The molecule has 39 heavy (non-hydrogen) atoms. The van der Waals surface area contributed by atoms with Crippen molar-refractivity contribution in [1.29, 1.82) is 0 Å². The Morgan fingerprint density at radius 1 is 1.10 bits per heavy atom. The number of aromatic nitrogens is 2. The number of amides is 2. The van der Waals surface area contributed by atoms with Crippen LogP contribution in [0.3, 0.4) is 0 Å². The lowest BCUT2D eigenvalue weighted by atomic mass is 9.74. The highest BCUT2D eigenvalue weighted by atomic mass is 16.7. The average molecular weight is 533 g/mol. The maximum absolute atomic E-state index is 13.5. The first-order chi connectivity index (χ1) is 18.6. The van der Waals surface area contributed by atoms with Crippen molar-refractivity contribution in [2.24, 2.45) is 11.1 Å². The van der Waals surface area contributed by atoms with Crippen LogP contribution in [0.15, 0.2) is 59.9 Å². The molecule has 0 aliphatic carbocycles. The molecule has 1 unspecified atom stereocenters. The molecule has 0 fully saturated rings. The molecule has 0 saturated carbocycles. The smallest absolute Gasteiger partial charge is 0.426 e. The zero-order chi connectivity index (χ0) is 28.2. The second-order valence-electron chi connectivity index (χ2n) is 10.8. The number of rotatable bonds is 11. The Labute approximate surface area is 228 Å². The predicted octanol–water partition coefficient (Wildman–Crippen LogP) is 2.65. The van der Waals surface area contributed by atoms with Gasteiger partial charge >= 0.3 is 7.12 Å². The number of hydrogen-bond acceptors (Lipinski definition) is 7. The fourth-order valence-electron chi connectivity index (χ4n) is 4.88. The number of nitrogens with one attached hydrogen (secondary N) is 2. The van der Waals surface area contributed by atoms with Crippen LogP contribution in [0, 0.1) is 5.92 Å². The van der Waals surface area contributed by atoms with Crippen molar-refractivity contribution >= 4 is 35.5 Å². The normalized spacial score (nSPS) is 17.7. The molecule has 2 amide bonds. The van der Waals surface area contributed by atoms with Crippen LogP contribution >= 0.6 is 0 Å². The summed E-state index contributed by atoms with van der Waals surface area (Å²) in [6, 6.07) is 15.1. The van der Waals surface area contributed by atoms with Gasteiger partial charge in [0.15, 0.2) is 0 Å². The summed E-state index contributed by atoms with van der Waals surface area (Å²) in [5, 5.41) is 34.7. The Morgan fingerprint density at radius 2 is 1.85 bits per heavy atom. The zero-order valence-corrected chi connectivity index (χ0v) is 22.8. The molecular weight excluding hydrogens is 497 g/mol. The molecule has 0 spiro atoms. The molecule has 0 radical (unpaired) electrons. The largest absolute Gasteiger partial charge is 0.475 e. The third-order valence-electron chi connectivity index (χ3n) is 6.82. The van der Waals surface area contributed by atoms with Gasteiger partial charge in [0.2, 0.25) is 5.60 Å². The molecule has 0 bridgehead atoms. The van der Waals surface area contributed by atoms with Gasteiger partial charge in [-0.3, -0.25) is 14.3 Å². The van der Waals surface area contributed by atoms with Gasteiger partial charge in [-0.2, -0.15) is 5.10 Å². The van der Waals surface area contributed by atoms with Crippen molar-refractivity contribution < 1.29 is 24.5 Å². The topological polar surface area (TPSA) is 138 Å². The van der Waals surface area contributed by atoms with Crippen LogP contribution in [0.5, 0.6) is 0 Å². The van der Waals surface area contributed by atoms with E-state index in [1.54, 1.807) is 12.3 Å². The number of fused-ring (bicyclic) bond motifs is 1. The fourth-order valence-corrected chi connectivity index (χ4v) is 4.88. The third kappa shape index (κ3) is 6.48. The van der Waals surface area contributed by atoms with Gasteiger partial charge < -0.3 is 25.5 Å². The van der Waals surface area contributed by atoms with Crippen LogP contribution < -0.4 is 10.6 Å². The number of carbonyl (C=O) groups excluding carboxylic acids is 2. The van der Waals surface area contributed by atoms with Crippen LogP contribution in [-0.4, -0.2) is 62.6 Å². The van der Waals surface area contributed by atoms with E-state index in [9.17, 15) is 19.6 Å². The van der Waals surface area contributed by atoms with E-state index in [2.05, 4.69) is 20.9 Å². The van der Waals surface area contributed by atoms with Crippen LogP contribution in [0.1, 0.15) is 62.5 Å². The summed E-state index contributed by atoms with van der Waals surface area (Å²) in [7, 11) is -1.71. The van der Waals surface area contributed by atoms with E-state index in [1.165, 1.54) is 0 Å². The molecule has 10 nitrogen and oxygen atoms in total.